The van der Waals surface area contributed by atoms with E-state index < -0.39 is 0 Å². The summed E-state index contributed by atoms with van der Waals surface area (Å²) in [6.45, 7) is 1.65. The Hall–Kier alpha value is -1.79. The van der Waals surface area contributed by atoms with Gasteiger partial charge in [-0.1, -0.05) is 0 Å². The molecule has 1 aromatic carbocycles. The maximum Gasteiger partial charge on any atom is 0.254 e. The largest absolute Gasteiger partial charge is 0.508 e. The first-order valence-corrected chi connectivity index (χ1v) is 5.73. The van der Waals surface area contributed by atoms with Crippen LogP contribution in [0.3, 0.4) is 0 Å². The van der Waals surface area contributed by atoms with E-state index in [1.807, 2.05) is 0 Å². The van der Waals surface area contributed by atoms with Crippen molar-refractivity contribution < 1.29 is 19.7 Å². The zero-order chi connectivity index (χ0) is 13.1. The number of hydrogen-bond acceptors (Lipinski definition) is 5. The molecule has 4 N–H and O–H groups in total. The Morgan fingerprint density at radius 1 is 1.39 bits per heavy atom. The second-order valence-electron chi connectivity index (χ2n) is 4.20. The van der Waals surface area contributed by atoms with Crippen LogP contribution in [0.25, 0.3) is 0 Å². The van der Waals surface area contributed by atoms with E-state index in [1.54, 1.807) is 4.90 Å². The second-order valence-corrected chi connectivity index (χ2v) is 4.20. The molecular formula is C12H16N2O4. The zero-order valence-electron chi connectivity index (χ0n) is 9.87. The Balaban J connectivity index is 2.23. The monoisotopic (exact) mass is 252 g/mol. The summed E-state index contributed by atoms with van der Waals surface area (Å²) in [6.07, 6.45) is 0. The zero-order valence-corrected chi connectivity index (χ0v) is 9.87. The highest BCUT2D eigenvalue weighted by molar-refractivity contribution is 5.95. The number of carbonyl (C=O) groups excluding carboxylic acids is 1. The van der Waals surface area contributed by atoms with Crippen LogP contribution in [0.4, 0.5) is 0 Å². The molecule has 1 saturated heterocycles. The van der Waals surface area contributed by atoms with Gasteiger partial charge in [-0.05, 0) is 12.1 Å². The molecule has 0 bridgehead atoms. The first kappa shape index (κ1) is 12.7. The maximum absolute atomic E-state index is 12.3. The molecule has 0 spiro atoms. The molecule has 1 aliphatic rings. The highest BCUT2D eigenvalue weighted by Crippen LogP contribution is 2.22. The molecule has 2 rings (SSSR count). The number of nitrogens with two attached hydrogens (primary N) is 1. The number of aromatic hydroxyl groups is 2. The van der Waals surface area contributed by atoms with E-state index >= 15 is 0 Å². The molecule has 0 aromatic heterocycles. The smallest absolute Gasteiger partial charge is 0.254 e. The topological polar surface area (TPSA) is 96.0 Å². The average molecular weight is 252 g/mol. The van der Waals surface area contributed by atoms with Gasteiger partial charge in [0.25, 0.3) is 5.91 Å². The third kappa shape index (κ3) is 2.55. The standard InChI is InChI=1S/C12H16N2O4/c13-6-9-7-18-2-1-14(9)12(17)8-3-10(15)5-11(16)4-8/h3-5,9,15-16H,1-2,6-7,13H2. The summed E-state index contributed by atoms with van der Waals surface area (Å²) in [6, 6.07) is 3.66. The van der Waals surface area contributed by atoms with Crippen molar-refractivity contribution in [3.8, 4) is 11.5 Å². The second kappa shape index (κ2) is 5.24. The van der Waals surface area contributed by atoms with Gasteiger partial charge >= 0.3 is 0 Å². The van der Waals surface area contributed by atoms with Crippen molar-refractivity contribution in [1.82, 2.24) is 4.90 Å². The molecule has 98 valence electrons. The molecule has 1 atom stereocenters. The third-order valence-electron chi connectivity index (χ3n) is 2.91. The van der Waals surface area contributed by atoms with Crippen molar-refractivity contribution in [2.45, 2.75) is 6.04 Å². The highest BCUT2D eigenvalue weighted by Gasteiger charge is 2.27. The summed E-state index contributed by atoms with van der Waals surface area (Å²) in [4.78, 5) is 13.9. The summed E-state index contributed by atoms with van der Waals surface area (Å²) < 4.78 is 5.26. The fourth-order valence-electron chi connectivity index (χ4n) is 2.00. The molecular weight excluding hydrogens is 236 g/mol. The number of ether oxygens (including phenoxy) is 1. The number of amides is 1. The van der Waals surface area contributed by atoms with Gasteiger partial charge in [0.05, 0.1) is 19.3 Å². The predicted molar refractivity (Wildman–Crippen MR) is 64.5 cm³/mol. The molecule has 6 heteroatoms. The molecule has 0 saturated carbocycles. The lowest BCUT2D eigenvalue weighted by atomic mass is 10.1. The fraction of sp³-hybridized carbons (Fsp3) is 0.417. The van der Waals surface area contributed by atoms with Crippen LogP contribution in [0, 0.1) is 0 Å². The number of hydrogen-bond donors (Lipinski definition) is 3. The normalized spacial score (nSPS) is 19.8. The van der Waals surface area contributed by atoms with E-state index in [1.165, 1.54) is 18.2 Å². The summed E-state index contributed by atoms with van der Waals surface area (Å²) >= 11 is 0. The summed E-state index contributed by atoms with van der Waals surface area (Å²) in [5, 5.41) is 18.8. The van der Waals surface area contributed by atoms with Gasteiger partial charge in [0, 0.05) is 24.7 Å². The van der Waals surface area contributed by atoms with Gasteiger partial charge in [-0.15, -0.1) is 0 Å². The number of morpholine rings is 1. The fourth-order valence-corrected chi connectivity index (χ4v) is 2.00. The molecule has 1 aliphatic heterocycles. The van der Waals surface area contributed by atoms with Crippen LogP contribution in [0.1, 0.15) is 10.4 Å². The number of phenolic OH excluding ortho intramolecular Hbond substituents is 2. The summed E-state index contributed by atoms with van der Waals surface area (Å²) in [7, 11) is 0. The number of rotatable bonds is 2. The first-order valence-electron chi connectivity index (χ1n) is 5.73. The Morgan fingerprint density at radius 2 is 2.06 bits per heavy atom. The van der Waals surface area contributed by atoms with Crippen molar-refractivity contribution in [2.75, 3.05) is 26.3 Å². The SMILES string of the molecule is NCC1COCCN1C(=O)c1cc(O)cc(O)c1. The Labute approximate surface area is 105 Å². The first-order chi connectivity index (χ1) is 8.61. The van der Waals surface area contributed by atoms with E-state index in [4.69, 9.17) is 10.5 Å². The van der Waals surface area contributed by atoms with Crippen molar-refractivity contribution in [2.24, 2.45) is 5.73 Å². The van der Waals surface area contributed by atoms with Crippen molar-refractivity contribution in [3.63, 3.8) is 0 Å². The van der Waals surface area contributed by atoms with Crippen LogP contribution in [0.15, 0.2) is 18.2 Å². The van der Waals surface area contributed by atoms with E-state index in [9.17, 15) is 15.0 Å². The average Bonchev–Trinajstić information content (AvgIpc) is 2.36. The molecule has 0 aliphatic carbocycles. The minimum absolute atomic E-state index is 0.143. The van der Waals surface area contributed by atoms with Gasteiger partial charge in [-0.2, -0.15) is 0 Å². The van der Waals surface area contributed by atoms with Gasteiger partial charge in [0.2, 0.25) is 0 Å². The predicted octanol–water partition coefficient (Wildman–Crippen LogP) is -0.103. The lowest BCUT2D eigenvalue weighted by molar-refractivity contribution is 0.000809. The summed E-state index contributed by atoms with van der Waals surface area (Å²) in [5.41, 5.74) is 5.84. The molecule has 18 heavy (non-hydrogen) atoms. The lowest BCUT2D eigenvalue weighted by Crippen LogP contribution is -2.52. The van der Waals surface area contributed by atoms with E-state index in [-0.39, 0.29) is 29.0 Å². The maximum atomic E-state index is 12.3. The summed E-state index contributed by atoms with van der Waals surface area (Å²) in [5.74, 6) is -0.549. The quantitative estimate of drug-likeness (QED) is 0.683. The number of phenols is 2. The van der Waals surface area contributed by atoms with Gasteiger partial charge < -0.3 is 25.6 Å². The minimum atomic E-state index is -0.264. The molecule has 1 amide bonds. The van der Waals surface area contributed by atoms with Gasteiger partial charge in [-0.3, -0.25) is 4.79 Å². The van der Waals surface area contributed by atoms with Crippen LogP contribution in [-0.2, 0) is 4.74 Å². The minimum Gasteiger partial charge on any atom is -0.508 e. The van der Waals surface area contributed by atoms with Crippen LogP contribution < -0.4 is 5.73 Å². The van der Waals surface area contributed by atoms with Gasteiger partial charge in [0.1, 0.15) is 11.5 Å². The van der Waals surface area contributed by atoms with E-state index in [0.29, 0.717) is 26.3 Å². The van der Waals surface area contributed by atoms with Crippen molar-refractivity contribution >= 4 is 5.91 Å². The number of benzene rings is 1. The lowest BCUT2D eigenvalue weighted by Gasteiger charge is -2.34. The Bertz CT molecular complexity index is 429. The van der Waals surface area contributed by atoms with Gasteiger partial charge in [0.15, 0.2) is 0 Å². The number of nitrogens with zero attached hydrogens (tertiary/aromatic N) is 1. The van der Waals surface area contributed by atoms with Crippen LogP contribution in [-0.4, -0.2) is 53.4 Å². The molecule has 1 heterocycles. The third-order valence-corrected chi connectivity index (χ3v) is 2.91. The molecule has 1 unspecified atom stereocenters. The molecule has 1 aromatic rings. The van der Waals surface area contributed by atoms with E-state index in [0.717, 1.165) is 0 Å². The highest BCUT2D eigenvalue weighted by atomic mass is 16.5. The van der Waals surface area contributed by atoms with Crippen molar-refractivity contribution in [3.05, 3.63) is 23.8 Å². The Morgan fingerprint density at radius 3 is 2.67 bits per heavy atom. The Kier molecular flexibility index (Phi) is 3.69. The molecule has 6 nitrogen and oxygen atoms in total. The van der Waals surface area contributed by atoms with Crippen molar-refractivity contribution in [1.29, 1.82) is 0 Å². The van der Waals surface area contributed by atoms with Crippen LogP contribution >= 0.6 is 0 Å². The van der Waals surface area contributed by atoms with E-state index in [2.05, 4.69) is 0 Å². The van der Waals surface area contributed by atoms with Crippen LogP contribution in [0.2, 0.25) is 0 Å². The molecule has 1 fully saturated rings. The number of carbonyl (C=O) groups is 1. The van der Waals surface area contributed by atoms with Gasteiger partial charge in [-0.25, -0.2) is 0 Å². The molecule has 0 radical (unpaired) electrons. The van der Waals surface area contributed by atoms with Crippen LogP contribution in [0.5, 0.6) is 11.5 Å².